The number of aliphatic hydroxyl groups excluding tert-OH is 1. The molecule has 1 aliphatic heterocycles. The fourth-order valence-electron chi connectivity index (χ4n) is 2.94. The number of rotatable bonds is 8. The van der Waals surface area contributed by atoms with Crippen molar-refractivity contribution in [2.75, 3.05) is 33.4 Å². The number of unbranched alkanes of at least 4 members (excludes halogenated alkanes) is 1. The Bertz CT molecular complexity index is 525. The topological polar surface area (TPSA) is 61.8 Å². The van der Waals surface area contributed by atoms with Crippen molar-refractivity contribution in [3.63, 3.8) is 0 Å². The zero-order chi connectivity index (χ0) is 16.7. The van der Waals surface area contributed by atoms with Crippen molar-refractivity contribution in [1.29, 1.82) is 0 Å². The Morgan fingerprint density at radius 1 is 1.48 bits per heavy atom. The highest BCUT2D eigenvalue weighted by Crippen LogP contribution is 2.17. The maximum atomic E-state index is 13.8. The number of likely N-dealkylation sites (tertiary alicyclic amines) is 1. The van der Waals surface area contributed by atoms with Gasteiger partial charge in [-0.25, -0.2) is 4.39 Å². The van der Waals surface area contributed by atoms with Gasteiger partial charge < -0.3 is 15.2 Å². The Morgan fingerprint density at radius 3 is 3.00 bits per heavy atom. The van der Waals surface area contributed by atoms with E-state index in [0.29, 0.717) is 12.3 Å². The SMILES string of the molecule is COc1ccc(C(=O)NCCCCN2CCCC2CO)c(F)c1. The summed E-state index contributed by atoms with van der Waals surface area (Å²) in [6.45, 7) is 2.70. The monoisotopic (exact) mass is 324 g/mol. The molecule has 2 N–H and O–H groups in total. The highest BCUT2D eigenvalue weighted by atomic mass is 19.1. The van der Waals surface area contributed by atoms with Crippen LogP contribution in [0.2, 0.25) is 0 Å². The van der Waals surface area contributed by atoms with E-state index in [1.807, 2.05) is 0 Å². The third kappa shape index (κ3) is 4.91. The molecule has 0 aliphatic carbocycles. The van der Waals surface area contributed by atoms with Gasteiger partial charge in [0.05, 0.1) is 19.3 Å². The highest BCUT2D eigenvalue weighted by molar-refractivity contribution is 5.94. The molecule has 0 spiro atoms. The van der Waals surface area contributed by atoms with Crippen molar-refractivity contribution in [2.24, 2.45) is 0 Å². The molecule has 0 radical (unpaired) electrons. The number of nitrogens with zero attached hydrogens (tertiary/aromatic N) is 1. The van der Waals surface area contributed by atoms with Crippen molar-refractivity contribution in [1.82, 2.24) is 10.2 Å². The number of benzene rings is 1. The molecule has 6 heteroatoms. The van der Waals surface area contributed by atoms with Crippen LogP contribution in [0.4, 0.5) is 4.39 Å². The molecule has 1 saturated heterocycles. The second kappa shape index (κ2) is 8.84. The Morgan fingerprint density at radius 2 is 2.30 bits per heavy atom. The first-order valence-corrected chi connectivity index (χ1v) is 8.12. The molecular formula is C17H25FN2O3. The summed E-state index contributed by atoms with van der Waals surface area (Å²) in [5, 5.41) is 12.0. The van der Waals surface area contributed by atoms with E-state index in [1.54, 1.807) is 6.07 Å². The average Bonchev–Trinajstić information content (AvgIpc) is 3.01. The lowest BCUT2D eigenvalue weighted by atomic mass is 10.2. The van der Waals surface area contributed by atoms with E-state index in [4.69, 9.17) is 4.74 Å². The Kier molecular flexibility index (Phi) is 6.80. The number of carbonyl (C=O) groups is 1. The summed E-state index contributed by atoms with van der Waals surface area (Å²) in [6, 6.07) is 4.50. The summed E-state index contributed by atoms with van der Waals surface area (Å²) in [5.74, 6) is -0.590. The van der Waals surface area contributed by atoms with E-state index < -0.39 is 11.7 Å². The van der Waals surface area contributed by atoms with Crippen molar-refractivity contribution in [2.45, 2.75) is 31.7 Å². The van der Waals surface area contributed by atoms with E-state index in [1.165, 1.54) is 19.2 Å². The first kappa shape index (κ1) is 17.7. The maximum absolute atomic E-state index is 13.8. The highest BCUT2D eigenvalue weighted by Gasteiger charge is 2.22. The number of halogens is 1. The standard InChI is InChI=1S/C17H25FN2O3/c1-23-14-6-7-15(16(18)11-14)17(22)19-8-2-3-9-20-10-4-5-13(20)12-21/h6-7,11,13,21H,2-5,8-10,12H2,1H3,(H,19,22). The largest absolute Gasteiger partial charge is 0.497 e. The van der Waals surface area contributed by atoms with Gasteiger partial charge in [0.1, 0.15) is 11.6 Å². The van der Waals surface area contributed by atoms with Crippen molar-refractivity contribution >= 4 is 5.91 Å². The van der Waals surface area contributed by atoms with Gasteiger partial charge in [-0.1, -0.05) is 0 Å². The van der Waals surface area contributed by atoms with Gasteiger partial charge in [0.15, 0.2) is 0 Å². The lowest BCUT2D eigenvalue weighted by Gasteiger charge is -2.22. The molecule has 1 aromatic carbocycles. The first-order valence-electron chi connectivity index (χ1n) is 8.12. The van der Waals surface area contributed by atoms with Gasteiger partial charge in [-0.2, -0.15) is 0 Å². The van der Waals surface area contributed by atoms with Gasteiger partial charge in [-0.3, -0.25) is 9.69 Å². The summed E-state index contributed by atoms with van der Waals surface area (Å²) < 4.78 is 18.7. The maximum Gasteiger partial charge on any atom is 0.254 e. The van der Waals surface area contributed by atoms with Crippen molar-refractivity contribution < 1.29 is 19.0 Å². The minimum atomic E-state index is -0.579. The van der Waals surface area contributed by atoms with Crippen molar-refractivity contribution in [3.05, 3.63) is 29.6 Å². The molecule has 128 valence electrons. The van der Waals surface area contributed by atoms with Gasteiger partial charge in [0, 0.05) is 18.7 Å². The molecule has 23 heavy (non-hydrogen) atoms. The van der Waals surface area contributed by atoms with E-state index in [9.17, 15) is 14.3 Å². The fraction of sp³-hybridized carbons (Fsp3) is 0.588. The van der Waals surface area contributed by atoms with Gasteiger partial charge in [-0.05, 0) is 50.9 Å². The molecule has 1 unspecified atom stereocenters. The summed E-state index contributed by atoms with van der Waals surface area (Å²) in [7, 11) is 1.45. The molecule has 1 amide bonds. The lowest BCUT2D eigenvalue weighted by Crippen LogP contribution is -2.33. The Balaban J connectivity index is 1.69. The summed E-state index contributed by atoms with van der Waals surface area (Å²) in [5.41, 5.74) is 0.0330. The van der Waals surface area contributed by atoms with Crippen LogP contribution in [0.25, 0.3) is 0 Å². The Hall–Kier alpha value is -1.66. The number of methoxy groups -OCH3 is 1. The van der Waals surface area contributed by atoms with E-state index in [0.717, 1.165) is 38.8 Å². The number of carbonyl (C=O) groups excluding carboxylic acids is 1. The van der Waals surface area contributed by atoms with Crippen LogP contribution in [0.5, 0.6) is 5.75 Å². The lowest BCUT2D eigenvalue weighted by molar-refractivity contribution is 0.0948. The summed E-state index contributed by atoms with van der Waals surface area (Å²) >= 11 is 0. The van der Waals surface area contributed by atoms with Gasteiger partial charge in [0.2, 0.25) is 0 Å². The zero-order valence-corrected chi connectivity index (χ0v) is 13.6. The average molecular weight is 324 g/mol. The van der Waals surface area contributed by atoms with Crippen LogP contribution in [0.1, 0.15) is 36.0 Å². The minimum Gasteiger partial charge on any atom is -0.497 e. The van der Waals surface area contributed by atoms with Gasteiger partial charge >= 0.3 is 0 Å². The van der Waals surface area contributed by atoms with Crippen LogP contribution in [0, 0.1) is 5.82 Å². The first-order chi connectivity index (χ1) is 11.2. The number of ether oxygens (including phenoxy) is 1. The van der Waals surface area contributed by atoms with E-state index in [-0.39, 0.29) is 18.2 Å². The van der Waals surface area contributed by atoms with E-state index in [2.05, 4.69) is 10.2 Å². The summed E-state index contributed by atoms with van der Waals surface area (Å²) in [4.78, 5) is 14.2. The van der Waals surface area contributed by atoms with Crippen LogP contribution in [-0.2, 0) is 0 Å². The molecule has 1 aromatic rings. The van der Waals surface area contributed by atoms with Gasteiger partial charge in [0.25, 0.3) is 5.91 Å². The second-order valence-corrected chi connectivity index (χ2v) is 5.82. The third-order valence-corrected chi connectivity index (χ3v) is 4.29. The van der Waals surface area contributed by atoms with Crippen LogP contribution in [0.15, 0.2) is 18.2 Å². The predicted molar refractivity (Wildman–Crippen MR) is 86.2 cm³/mol. The predicted octanol–water partition coefficient (Wildman–Crippen LogP) is 1.80. The second-order valence-electron chi connectivity index (χ2n) is 5.82. The molecule has 1 heterocycles. The normalized spacial score (nSPS) is 18.1. The fourth-order valence-corrected chi connectivity index (χ4v) is 2.94. The summed E-state index contributed by atoms with van der Waals surface area (Å²) in [6.07, 6.45) is 3.97. The van der Waals surface area contributed by atoms with Crippen LogP contribution >= 0.6 is 0 Å². The molecule has 0 bridgehead atoms. The molecule has 0 saturated carbocycles. The number of aliphatic hydroxyl groups is 1. The van der Waals surface area contributed by atoms with Crippen LogP contribution in [-0.4, -0.2) is 55.3 Å². The van der Waals surface area contributed by atoms with Crippen molar-refractivity contribution in [3.8, 4) is 5.75 Å². The van der Waals surface area contributed by atoms with E-state index >= 15 is 0 Å². The minimum absolute atomic E-state index is 0.0330. The smallest absolute Gasteiger partial charge is 0.254 e. The molecule has 1 atom stereocenters. The Labute approximate surface area is 136 Å². The molecule has 5 nitrogen and oxygen atoms in total. The molecule has 1 fully saturated rings. The number of hydrogen-bond donors (Lipinski definition) is 2. The molecule has 1 aliphatic rings. The number of amides is 1. The molecular weight excluding hydrogens is 299 g/mol. The van der Waals surface area contributed by atoms with Crippen LogP contribution < -0.4 is 10.1 Å². The molecule has 0 aromatic heterocycles. The van der Waals surface area contributed by atoms with Crippen LogP contribution in [0.3, 0.4) is 0 Å². The van der Waals surface area contributed by atoms with Gasteiger partial charge in [-0.15, -0.1) is 0 Å². The number of nitrogens with one attached hydrogen (secondary N) is 1. The zero-order valence-electron chi connectivity index (χ0n) is 13.6. The molecule has 2 rings (SSSR count). The third-order valence-electron chi connectivity index (χ3n) is 4.29. The quantitative estimate of drug-likeness (QED) is 0.716. The number of hydrogen-bond acceptors (Lipinski definition) is 4.